The van der Waals surface area contributed by atoms with Crippen LogP contribution in [-0.2, 0) is 6.18 Å². The Balaban J connectivity index is 2.10. The van der Waals surface area contributed by atoms with Crippen LogP contribution in [0.4, 0.5) is 24.5 Å². The maximum absolute atomic E-state index is 12.6. The van der Waals surface area contributed by atoms with Crippen molar-refractivity contribution in [2.75, 3.05) is 23.8 Å². The van der Waals surface area contributed by atoms with Crippen molar-refractivity contribution in [3.63, 3.8) is 0 Å². The second-order valence-corrected chi connectivity index (χ2v) is 5.29. The summed E-state index contributed by atoms with van der Waals surface area (Å²) in [5.74, 6) is -0.564. The second kappa shape index (κ2) is 8.00. The molecule has 134 valence electrons. The van der Waals surface area contributed by atoms with Crippen molar-refractivity contribution in [1.82, 2.24) is 0 Å². The predicted molar refractivity (Wildman–Crippen MR) is 87.4 cm³/mol. The van der Waals surface area contributed by atoms with Gasteiger partial charge in [0.15, 0.2) is 0 Å². The van der Waals surface area contributed by atoms with E-state index in [1.807, 2.05) is 0 Å². The Morgan fingerprint density at radius 1 is 1.04 bits per heavy atom. The molecule has 1 unspecified atom stereocenters. The number of nitrogens with one attached hydrogen (secondary N) is 2. The average molecular weight is 354 g/mol. The summed E-state index contributed by atoms with van der Waals surface area (Å²) in [6, 6.07) is 10.5. The maximum atomic E-state index is 12.6. The smallest absolute Gasteiger partial charge is 0.394 e. The Morgan fingerprint density at radius 2 is 1.64 bits per heavy atom. The van der Waals surface area contributed by atoms with E-state index in [4.69, 9.17) is 5.11 Å². The van der Waals surface area contributed by atoms with Gasteiger partial charge in [-0.1, -0.05) is 12.1 Å². The predicted octanol–water partition coefficient (Wildman–Crippen LogP) is 2.72. The number of alkyl halides is 3. The highest BCUT2D eigenvalue weighted by atomic mass is 19.4. The minimum absolute atomic E-state index is 0.0731. The molecule has 1 amide bonds. The zero-order valence-electron chi connectivity index (χ0n) is 13.0. The summed E-state index contributed by atoms with van der Waals surface area (Å²) < 4.78 is 37.7. The Kier molecular flexibility index (Phi) is 6.00. The number of rotatable bonds is 6. The van der Waals surface area contributed by atoms with Gasteiger partial charge < -0.3 is 20.8 Å². The maximum Gasteiger partial charge on any atom is 0.416 e. The molecule has 0 spiro atoms. The fourth-order valence-corrected chi connectivity index (χ4v) is 2.04. The standard InChI is InChI=1S/C17H17F3N2O3/c18-17(19,20)12-7-5-11(6-8-12)16(25)22-15-4-2-1-3-14(15)21-9-13(24)10-23/h1-8,13,21,23-24H,9-10H2,(H,22,25). The molecule has 0 aromatic heterocycles. The molecule has 4 N–H and O–H groups in total. The van der Waals surface area contributed by atoms with Gasteiger partial charge in [0.2, 0.25) is 0 Å². The molecule has 0 saturated carbocycles. The first-order valence-corrected chi connectivity index (χ1v) is 7.41. The first-order chi connectivity index (χ1) is 11.8. The Hall–Kier alpha value is -2.58. The molecular weight excluding hydrogens is 337 g/mol. The summed E-state index contributed by atoms with van der Waals surface area (Å²) in [5, 5.41) is 23.7. The summed E-state index contributed by atoms with van der Waals surface area (Å²) in [4.78, 5) is 12.2. The van der Waals surface area contributed by atoms with E-state index in [0.29, 0.717) is 11.4 Å². The van der Waals surface area contributed by atoms with E-state index in [0.717, 1.165) is 24.3 Å². The highest BCUT2D eigenvalue weighted by molar-refractivity contribution is 6.05. The van der Waals surface area contributed by atoms with Gasteiger partial charge in [-0.3, -0.25) is 4.79 Å². The van der Waals surface area contributed by atoms with Crippen LogP contribution in [0.1, 0.15) is 15.9 Å². The topological polar surface area (TPSA) is 81.6 Å². The van der Waals surface area contributed by atoms with Crippen LogP contribution in [0.25, 0.3) is 0 Å². The lowest BCUT2D eigenvalue weighted by molar-refractivity contribution is -0.137. The summed E-state index contributed by atoms with van der Waals surface area (Å²) in [6.45, 7) is -0.337. The lowest BCUT2D eigenvalue weighted by Gasteiger charge is -2.15. The van der Waals surface area contributed by atoms with Crippen molar-refractivity contribution < 1.29 is 28.2 Å². The van der Waals surface area contributed by atoms with Crippen LogP contribution in [0.15, 0.2) is 48.5 Å². The fourth-order valence-electron chi connectivity index (χ4n) is 2.04. The minimum Gasteiger partial charge on any atom is -0.394 e. The van der Waals surface area contributed by atoms with Crippen LogP contribution in [0, 0.1) is 0 Å². The van der Waals surface area contributed by atoms with Crippen LogP contribution in [-0.4, -0.2) is 35.4 Å². The third-order valence-corrected chi connectivity index (χ3v) is 3.39. The number of para-hydroxylation sites is 2. The minimum atomic E-state index is -4.46. The van der Waals surface area contributed by atoms with Crippen molar-refractivity contribution in [2.45, 2.75) is 12.3 Å². The summed E-state index contributed by atoms with van der Waals surface area (Å²) in [7, 11) is 0. The molecule has 0 fully saturated rings. The number of carbonyl (C=O) groups is 1. The van der Waals surface area contributed by atoms with E-state index < -0.39 is 30.4 Å². The number of hydrogen-bond donors (Lipinski definition) is 4. The number of amides is 1. The van der Waals surface area contributed by atoms with Crippen LogP contribution >= 0.6 is 0 Å². The van der Waals surface area contributed by atoms with E-state index >= 15 is 0 Å². The van der Waals surface area contributed by atoms with Crippen molar-refractivity contribution in [1.29, 1.82) is 0 Å². The molecule has 2 rings (SSSR count). The molecular formula is C17H17F3N2O3. The molecule has 2 aromatic rings. The van der Waals surface area contributed by atoms with E-state index in [-0.39, 0.29) is 12.1 Å². The van der Waals surface area contributed by atoms with Gasteiger partial charge in [0.05, 0.1) is 29.6 Å². The number of halogens is 3. The first-order valence-electron chi connectivity index (χ1n) is 7.41. The number of benzene rings is 2. The zero-order chi connectivity index (χ0) is 18.4. The zero-order valence-corrected chi connectivity index (χ0v) is 13.0. The molecule has 8 heteroatoms. The molecule has 0 aliphatic carbocycles. The van der Waals surface area contributed by atoms with Gasteiger partial charge in [0, 0.05) is 12.1 Å². The van der Waals surface area contributed by atoms with Gasteiger partial charge in [-0.25, -0.2) is 0 Å². The average Bonchev–Trinajstić information content (AvgIpc) is 2.60. The molecule has 0 saturated heterocycles. The lowest BCUT2D eigenvalue weighted by Crippen LogP contribution is -2.23. The third kappa shape index (κ3) is 5.20. The largest absolute Gasteiger partial charge is 0.416 e. The Bertz CT molecular complexity index is 718. The lowest BCUT2D eigenvalue weighted by atomic mass is 10.1. The molecule has 0 heterocycles. The van der Waals surface area contributed by atoms with Crippen LogP contribution in [0.2, 0.25) is 0 Å². The van der Waals surface area contributed by atoms with Crippen LogP contribution in [0.3, 0.4) is 0 Å². The number of hydrogen-bond acceptors (Lipinski definition) is 4. The normalized spacial score (nSPS) is 12.5. The summed E-state index contributed by atoms with van der Waals surface area (Å²) in [6.07, 6.45) is -5.42. The van der Waals surface area contributed by atoms with Crippen molar-refractivity contribution >= 4 is 17.3 Å². The molecule has 0 aliphatic heterocycles. The first kappa shape index (κ1) is 18.8. The molecule has 2 aromatic carbocycles. The number of carbonyl (C=O) groups excluding carboxylic acids is 1. The molecule has 0 radical (unpaired) electrons. The summed E-state index contributed by atoms with van der Waals surface area (Å²) >= 11 is 0. The molecule has 1 atom stereocenters. The molecule has 0 aliphatic rings. The van der Waals surface area contributed by atoms with Gasteiger partial charge in [-0.15, -0.1) is 0 Å². The number of aliphatic hydroxyl groups excluding tert-OH is 2. The van der Waals surface area contributed by atoms with E-state index in [1.54, 1.807) is 24.3 Å². The van der Waals surface area contributed by atoms with Gasteiger partial charge in [-0.2, -0.15) is 13.2 Å². The molecule has 25 heavy (non-hydrogen) atoms. The Morgan fingerprint density at radius 3 is 2.20 bits per heavy atom. The molecule has 0 bridgehead atoms. The van der Waals surface area contributed by atoms with Crippen LogP contribution < -0.4 is 10.6 Å². The number of aliphatic hydroxyl groups is 2. The van der Waals surface area contributed by atoms with Gasteiger partial charge in [0.1, 0.15) is 0 Å². The quantitative estimate of drug-likeness (QED) is 0.643. The molecule has 5 nitrogen and oxygen atoms in total. The van der Waals surface area contributed by atoms with E-state index in [2.05, 4.69) is 10.6 Å². The summed E-state index contributed by atoms with van der Waals surface area (Å²) in [5.41, 5.74) is 0.162. The van der Waals surface area contributed by atoms with Crippen molar-refractivity contribution in [3.05, 3.63) is 59.7 Å². The highest BCUT2D eigenvalue weighted by Gasteiger charge is 2.30. The number of anilines is 2. The van der Waals surface area contributed by atoms with E-state index in [9.17, 15) is 23.1 Å². The van der Waals surface area contributed by atoms with Crippen LogP contribution in [0.5, 0.6) is 0 Å². The van der Waals surface area contributed by atoms with Gasteiger partial charge in [-0.05, 0) is 36.4 Å². The van der Waals surface area contributed by atoms with Gasteiger partial charge in [0.25, 0.3) is 5.91 Å². The Labute approximate surface area is 142 Å². The second-order valence-electron chi connectivity index (χ2n) is 5.29. The SMILES string of the molecule is O=C(Nc1ccccc1NCC(O)CO)c1ccc(C(F)(F)F)cc1. The van der Waals surface area contributed by atoms with Crippen molar-refractivity contribution in [3.8, 4) is 0 Å². The van der Waals surface area contributed by atoms with E-state index in [1.165, 1.54) is 0 Å². The monoisotopic (exact) mass is 354 g/mol. The fraction of sp³-hybridized carbons (Fsp3) is 0.235. The highest BCUT2D eigenvalue weighted by Crippen LogP contribution is 2.29. The van der Waals surface area contributed by atoms with Crippen molar-refractivity contribution in [2.24, 2.45) is 0 Å². The van der Waals surface area contributed by atoms with Gasteiger partial charge >= 0.3 is 6.18 Å². The third-order valence-electron chi connectivity index (χ3n) is 3.39.